The van der Waals surface area contributed by atoms with E-state index >= 15 is 0 Å². The van der Waals surface area contributed by atoms with E-state index in [-0.39, 0.29) is 29.5 Å². The Morgan fingerprint density at radius 3 is 2.79 bits per heavy atom. The third-order valence-electron chi connectivity index (χ3n) is 4.41. The van der Waals surface area contributed by atoms with Gasteiger partial charge in [-0.25, -0.2) is 0 Å². The number of hydrogen-bond acceptors (Lipinski definition) is 4. The summed E-state index contributed by atoms with van der Waals surface area (Å²) in [7, 11) is 0. The summed E-state index contributed by atoms with van der Waals surface area (Å²) < 4.78 is 5.28. The molecule has 0 radical (unpaired) electrons. The predicted octanol–water partition coefficient (Wildman–Crippen LogP) is 2.72. The number of carbonyl (C=O) groups excluding carboxylic acids is 2. The number of primary amides is 1. The lowest BCUT2D eigenvalue weighted by Gasteiger charge is -2.36. The Balaban J connectivity index is 1.83. The number of carbonyl (C=O) groups is 2. The maximum absolute atomic E-state index is 12.7. The molecule has 2 N–H and O–H groups in total. The molecule has 0 bridgehead atoms. The van der Waals surface area contributed by atoms with E-state index in [0.717, 1.165) is 6.42 Å². The number of aromatic nitrogens is 1. The number of likely N-dealkylation sites (tertiary alicyclic amines) is 1. The molecule has 126 valence electrons. The Morgan fingerprint density at radius 2 is 2.08 bits per heavy atom. The third-order valence-corrected chi connectivity index (χ3v) is 4.74. The monoisotopic (exact) mass is 347 g/mol. The second-order valence-corrected chi connectivity index (χ2v) is 6.45. The second-order valence-electron chi connectivity index (χ2n) is 6.04. The van der Waals surface area contributed by atoms with Crippen LogP contribution in [0.25, 0.3) is 11.3 Å². The first-order valence-corrected chi connectivity index (χ1v) is 8.17. The van der Waals surface area contributed by atoms with Gasteiger partial charge in [0, 0.05) is 24.2 Å². The summed E-state index contributed by atoms with van der Waals surface area (Å²) in [6.07, 6.45) is 1.43. The molecule has 24 heavy (non-hydrogen) atoms. The van der Waals surface area contributed by atoms with Crippen LogP contribution in [-0.2, 0) is 4.79 Å². The molecule has 0 spiro atoms. The quantitative estimate of drug-likeness (QED) is 0.924. The molecule has 1 aromatic heterocycles. The third kappa shape index (κ3) is 3.14. The maximum atomic E-state index is 12.7. The van der Waals surface area contributed by atoms with E-state index in [1.807, 2.05) is 19.1 Å². The van der Waals surface area contributed by atoms with Crippen LogP contribution in [-0.4, -0.2) is 34.5 Å². The minimum Gasteiger partial charge on any atom is -0.369 e. The number of benzene rings is 1. The van der Waals surface area contributed by atoms with Crippen molar-refractivity contribution in [3.05, 3.63) is 41.0 Å². The van der Waals surface area contributed by atoms with E-state index in [2.05, 4.69) is 5.16 Å². The van der Waals surface area contributed by atoms with Gasteiger partial charge in [0.05, 0.1) is 10.9 Å². The average molecular weight is 348 g/mol. The summed E-state index contributed by atoms with van der Waals surface area (Å²) in [6.45, 7) is 2.26. The van der Waals surface area contributed by atoms with Crippen molar-refractivity contribution in [3.8, 4) is 11.3 Å². The summed E-state index contributed by atoms with van der Waals surface area (Å²) in [5.74, 6) is -0.535. The van der Waals surface area contributed by atoms with Gasteiger partial charge >= 0.3 is 0 Å². The van der Waals surface area contributed by atoms with Crippen LogP contribution in [0.4, 0.5) is 0 Å². The molecular weight excluding hydrogens is 330 g/mol. The van der Waals surface area contributed by atoms with E-state index in [4.69, 9.17) is 21.9 Å². The number of amides is 2. The van der Waals surface area contributed by atoms with E-state index in [0.29, 0.717) is 29.3 Å². The predicted molar refractivity (Wildman–Crippen MR) is 89.4 cm³/mol. The molecule has 1 saturated heterocycles. The fourth-order valence-electron chi connectivity index (χ4n) is 2.93. The standard InChI is InChI=1S/C17H18ClN3O3/c1-10-6-7-11(16(19)22)9-21(10)17(23)14-8-15(24-20-14)12-4-2-3-5-13(12)18/h2-5,8,10-11H,6-7,9H2,1H3,(H2,19,22)/t10-,11+/m0/s1. The Hall–Kier alpha value is -2.34. The van der Waals surface area contributed by atoms with Crippen LogP contribution in [0.15, 0.2) is 34.9 Å². The summed E-state index contributed by atoms with van der Waals surface area (Å²) in [6, 6.07) is 8.77. The topological polar surface area (TPSA) is 89.4 Å². The van der Waals surface area contributed by atoms with Crippen molar-refractivity contribution in [2.45, 2.75) is 25.8 Å². The molecule has 7 heteroatoms. The van der Waals surface area contributed by atoms with Crippen LogP contribution in [0.3, 0.4) is 0 Å². The van der Waals surface area contributed by atoms with Crippen molar-refractivity contribution in [3.63, 3.8) is 0 Å². The van der Waals surface area contributed by atoms with Crippen molar-refractivity contribution in [2.24, 2.45) is 11.7 Å². The van der Waals surface area contributed by atoms with E-state index in [1.54, 1.807) is 23.1 Å². The molecule has 2 atom stereocenters. The van der Waals surface area contributed by atoms with Crippen LogP contribution >= 0.6 is 11.6 Å². The summed E-state index contributed by atoms with van der Waals surface area (Å²) in [5, 5.41) is 4.39. The minimum absolute atomic E-state index is 0.0218. The van der Waals surface area contributed by atoms with Gasteiger partial charge in [0.25, 0.3) is 5.91 Å². The maximum Gasteiger partial charge on any atom is 0.276 e. The molecule has 2 heterocycles. The zero-order valence-electron chi connectivity index (χ0n) is 13.2. The smallest absolute Gasteiger partial charge is 0.276 e. The van der Waals surface area contributed by atoms with Crippen LogP contribution in [0.5, 0.6) is 0 Å². The van der Waals surface area contributed by atoms with Crippen molar-refractivity contribution in [2.75, 3.05) is 6.54 Å². The zero-order chi connectivity index (χ0) is 17.3. The first-order valence-electron chi connectivity index (χ1n) is 7.79. The minimum atomic E-state index is -0.378. The Labute approximate surface area is 144 Å². The van der Waals surface area contributed by atoms with Crippen molar-refractivity contribution >= 4 is 23.4 Å². The van der Waals surface area contributed by atoms with Crippen molar-refractivity contribution in [1.82, 2.24) is 10.1 Å². The molecule has 1 aliphatic heterocycles. The Kier molecular flexibility index (Phi) is 4.57. The largest absolute Gasteiger partial charge is 0.369 e. The normalized spacial score (nSPS) is 20.8. The van der Waals surface area contributed by atoms with Gasteiger partial charge in [0.1, 0.15) is 0 Å². The van der Waals surface area contributed by atoms with Crippen molar-refractivity contribution in [1.29, 1.82) is 0 Å². The number of halogens is 1. The van der Waals surface area contributed by atoms with Gasteiger partial charge in [-0.3, -0.25) is 9.59 Å². The lowest BCUT2D eigenvalue weighted by molar-refractivity contribution is -0.123. The number of nitrogens with two attached hydrogens (primary N) is 1. The molecule has 0 aliphatic carbocycles. The number of nitrogens with zero attached hydrogens (tertiary/aromatic N) is 2. The number of hydrogen-bond donors (Lipinski definition) is 1. The second kappa shape index (κ2) is 6.65. The lowest BCUT2D eigenvalue weighted by Crippen LogP contribution is -2.48. The van der Waals surface area contributed by atoms with Gasteiger partial charge < -0.3 is 15.2 Å². The van der Waals surface area contributed by atoms with Crippen LogP contribution < -0.4 is 5.73 Å². The highest BCUT2D eigenvalue weighted by atomic mass is 35.5. The van der Waals surface area contributed by atoms with Gasteiger partial charge in [0.15, 0.2) is 11.5 Å². The Bertz CT molecular complexity index is 774. The van der Waals surface area contributed by atoms with Crippen LogP contribution in [0.1, 0.15) is 30.3 Å². The van der Waals surface area contributed by atoms with Crippen LogP contribution in [0.2, 0.25) is 5.02 Å². The fourth-order valence-corrected chi connectivity index (χ4v) is 3.16. The first kappa shape index (κ1) is 16.5. The zero-order valence-corrected chi connectivity index (χ0v) is 14.0. The van der Waals surface area contributed by atoms with Gasteiger partial charge in [-0.1, -0.05) is 28.9 Å². The summed E-state index contributed by atoms with van der Waals surface area (Å²) >= 11 is 6.14. The summed E-state index contributed by atoms with van der Waals surface area (Å²) in [4.78, 5) is 25.8. The highest BCUT2D eigenvalue weighted by molar-refractivity contribution is 6.33. The highest BCUT2D eigenvalue weighted by Gasteiger charge is 2.33. The van der Waals surface area contributed by atoms with Gasteiger partial charge in [-0.05, 0) is 31.9 Å². The number of piperidine rings is 1. The molecule has 0 unspecified atom stereocenters. The molecule has 0 saturated carbocycles. The average Bonchev–Trinajstić information content (AvgIpc) is 3.04. The number of rotatable bonds is 3. The Morgan fingerprint density at radius 1 is 1.33 bits per heavy atom. The SMILES string of the molecule is C[C@H]1CC[C@@H](C(N)=O)CN1C(=O)c1cc(-c2ccccc2Cl)on1. The molecular formula is C17H18ClN3O3. The lowest BCUT2D eigenvalue weighted by atomic mass is 9.92. The van der Waals surface area contributed by atoms with Gasteiger partial charge in [-0.15, -0.1) is 0 Å². The van der Waals surface area contributed by atoms with Crippen molar-refractivity contribution < 1.29 is 14.1 Å². The van der Waals surface area contributed by atoms with E-state index in [1.165, 1.54) is 0 Å². The highest BCUT2D eigenvalue weighted by Crippen LogP contribution is 2.29. The van der Waals surface area contributed by atoms with Gasteiger partial charge in [0.2, 0.25) is 5.91 Å². The molecule has 2 amide bonds. The molecule has 6 nitrogen and oxygen atoms in total. The molecule has 2 aromatic rings. The molecule has 1 fully saturated rings. The summed E-state index contributed by atoms with van der Waals surface area (Å²) in [5.41, 5.74) is 6.25. The van der Waals surface area contributed by atoms with Crippen LogP contribution in [0, 0.1) is 5.92 Å². The fraction of sp³-hybridized carbons (Fsp3) is 0.353. The van der Waals surface area contributed by atoms with E-state index < -0.39 is 0 Å². The molecule has 1 aromatic carbocycles. The van der Waals surface area contributed by atoms with Gasteiger partial charge in [-0.2, -0.15) is 0 Å². The molecule has 3 rings (SSSR count). The first-order chi connectivity index (χ1) is 11.5. The molecule has 1 aliphatic rings. The van der Waals surface area contributed by atoms with E-state index in [9.17, 15) is 9.59 Å².